The fraction of sp³-hybridized carbons (Fsp3) is 0.571. The van der Waals surface area contributed by atoms with Crippen molar-refractivity contribution in [2.24, 2.45) is 5.41 Å². The molecule has 2 fully saturated rings. The molecular formula is C21H28N4O4. The first kappa shape index (κ1) is 20.0. The van der Waals surface area contributed by atoms with Crippen LogP contribution in [0.25, 0.3) is 0 Å². The van der Waals surface area contributed by atoms with Crippen molar-refractivity contribution in [1.82, 2.24) is 20.9 Å². The van der Waals surface area contributed by atoms with Crippen LogP contribution in [0.15, 0.2) is 18.2 Å². The highest BCUT2D eigenvalue weighted by Crippen LogP contribution is 2.35. The van der Waals surface area contributed by atoms with Gasteiger partial charge in [0.25, 0.3) is 5.91 Å². The first-order valence-corrected chi connectivity index (χ1v) is 10.1. The zero-order chi connectivity index (χ0) is 20.8. The Balaban J connectivity index is 1.40. The van der Waals surface area contributed by atoms with E-state index in [0.29, 0.717) is 31.6 Å². The van der Waals surface area contributed by atoms with E-state index in [-0.39, 0.29) is 23.7 Å². The van der Waals surface area contributed by atoms with E-state index in [2.05, 4.69) is 16.0 Å². The normalized spacial score (nSPS) is 23.6. The SMILES string of the molecule is CC(C)(O)C1(CNCc2ccc3c(c2)CN(C2CCC(=O)NC2=O)C3=O)CNC1. The number of carbonyl (C=O) groups is 3. The number of aliphatic hydroxyl groups is 1. The Labute approximate surface area is 170 Å². The Bertz CT molecular complexity index is 857. The van der Waals surface area contributed by atoms with E-state index in [1.807, 2.05) is 32.0 Å². The zero-order valence-electron chi connectivity index (χ0n) is 16.9. The molecule has 156 valence electrons. The molecule has 4 rings (SSSR count). The van der Waals surface area contributed by atoms with Gasteiger partial charge < -0.3 is 20.6 Å². The summed E-state index contributed by atoms with van der Waals surface area (Å²) >= 11 is 0. The summed E-state index contributed by atoms with van der Waals surface area (Å²) in [6.45, 7) is 6.97. The average molecular weight is 400 g/mol. The molecule has 1 aromatic rings. The Kier molecular flexibility index (Phi) is 4.96. The predicted octanol–water partition coefficient (Wildman–Crippen LogP) is -0.102. The lowest BCUT2D eigenvalue weighted by atomic mass is 9.69. The van der Waals surface area contributed by atoms with Crippen LogP contribution in [0.3, 0.4) is 0 Å². The van der Waals surface area contributed by atoms with Gasteiger partial charge in [-0.2, -0.15) is 0 Å². The van der Waals surface area contributed by atoms with Crippen molar-refractivity contribution >= 4 is 17.7 Å². The Hall–Kier alpha value is -2.29. The summed E-state index contributed by atoms with van der Waals surface area (Å²) in [7, 11) is 0. The molecule has 1 aromatic carbocycles. The van der Waals surface area contributed by atoms with Gasteiger partial charge in [-0.05, 0) is 37.5 Å². The fourth-order valence-corrected chi connectivity index (χ4v) is 4.38. The summed E-state index contributed by atoms with van der Waals surface area (Å²) in [6.07, 6.45) is 0.620. The van der Waals surface area contributed by atoms with Crippen molar-refractivity contribution in [2.45, 2.75) is 51.4 Å². The van der Waals surface area contributed by atoms with Gasteiger partial charge in [-0.1, -0.05) is 12.1 Å². The van der Waals surface area contributed by atoms with Gasteiger partial charge in [0.1, 0.15) is 6.04 Å². The van der Waals surface area contributed by atoms with Gasteiger partial charge in [0.2, 0.25) is 11.8 Å². The number of rotatable bonds is 6. The van der Waals surface area contributed by atoms with E-state index in [9.17, 15) is 19.5 Å². The average Bonchev–Trinajstić information content (AvgIpc) is 2.92. The number of carbonyl (C=O) groups excluding carboxylic acids is 3. The zero-order valence-corrected chi connectivity index (χ0v) is 16.9. The molecule has 3 aliphatic heterocycles. The number of benzene rings is 1. The first-order chi connectivity index (χ1) is 13.7. The second-order valence-electron chi connectivity index (χ2n) is 8.94. The van der Waals surface area contributed by atoms with E-state index in [0.717, 1.165) is 24.2 Å². The highest BCUT2D eigenvalue weighted by Gasteiger charge is 2.48. The molecule has 2 saturated heterocycles. The van der Waals surface area contributed by atoms with Crippen molar-refractivity contribution in [2.75, 3.05) is 19.6 Å². The Morgan fingerprint density at radius 3 is 2.66 bits per heavy atom. The number of piperidine rings is 1. The van der Waals surface area contributed by atoms with Gasteiger partial charge in [0.15, 0.2) is 0 Å². The van der Waals surface area contributed by atoms with Gasteiger partial charge in [0, 0.05) is 50.1 Å². The van der Waals surface area contributed by atoms with Crippen molar-refractivity contribution in [3.05, 3.63) is 34.9 Å². The van der Waals surface area contributed by atoms with Crippen molar-refractivity contribution in [1.29, 1.82) is 0 Å². The maximum absolute atomic E-state index is 12.7. The van der Waals surface area contributed by atoms with Crippen LogP contribution in [0, 0.1) is 5.41 Å². The van der Waals surface area contributed by atoms with E-state index in [4.69, 9.17) is 0 Å². The lowest BCUT2D eigenvalue weighted by molar-refractivity contribution is -0.136. The molecule has 29 heavy (non-hydrogen) atoms. The molecule has 1 atom stereocenters. The van der Waals surface area contributed by atoms with E-state index < -0.39 is 17.6 Å². The second-order valence-corrected chi connectivity index (χ2v) is 8.94. The minimum absolute atomic E-state index is 0.157. The number of nitrogens with zero attached hydrogens (tertiary/aromatic N) is 1. The molecule has 3 amide bonds. The molecule has 8 nitrogen and oxygen atoms in total. The lowest BCUT2D eigenvalue weighted by Gasteiger charge is -2.51. The van der Waals surface area contributed by atoms with Crippen LogP contribution in [0.4, 0.5) is 0 Å². The summed E-state index contributed by atoms with van der Waals surface area (Å²) in [6, 6.07) is 5.15. The van der Waals surface area contributed by atoms with Crippen LogP contribution in [0.5, 0.6) is 0 Å². The highest BCUT2D eigenvalue weighted by molar-refractivity contribution is 6.05. The quantitative estimate of drug-likeness (QED) is 0.496. The van der Waals surface area contributed by atoms with E-state index in [1.165, 1.54) is 0 Å². The highest BCUT2D eigenvalue weighted by atomic mass is 16.3. The van der Waals surface area contributed by atoms with Gasteiger partial charge in [-0.15, -0.1) is 0 Å². The largest absolute Gasteiger partial charge is 0.390 e. The van der Waals surface area contributed by atoms with Crippen LogP contribution in [-0.4, -0.2) is 59.0 Å². The maximum Gasteiger partial charge on any atom is 0.255 e. The molecule has 1 unspecified atom stereocenters. The van der Waals surface area contributed by atoms with Crippen LogP contribution < -0.4 is 16.0 Å². The third-order valence-corrected chi connectivity index (χ3v) is 6.61. The lowest BCUT2D eigenvalue weighted by Crippen LogP contribution is -2.67. The molecule has 0 spiro atoms. The summed E-state index contributed by atoms with van der Waals surface area (Å²) in [5.74, 6) is -0.833. The second kappa shape index (κ2) is 7.19. The molecule has 0 radical (unpaired) electrons. The smallest absolute Gasteiger partial charge is 0.255 e. The monoisotopic (exact) mass is 400 g/mol. The van der Waals surface area contributed by atoms with Crippen LogP contribution in [0.1, 0.15) is 48.2 Å². The Morgan fingerprint density at radius 2 is 2.03 bits per heavy atom. The number of fused-ring (bicyclic) bond motifs is 1. The van der Waals surface area contributed by atoms with Gasteiger partial charge >= 0.3 is 0 Å². The summed E-state index contributed by atoms with van der Waals surface area (Å²) in [5, 5.41) is 19.5. The van der Waals surface area contributed by atoms with Gasteiger partial charge in [-0.25, -0.2) is 0 Å². The summed E-state index contributed by atoms with van der Waals surface area (Å²) < 4.78 is 0. The molecule has 0 saturated carbocycles. The molecule has 0 bridgehead atoms. The maximum atomic E-state index is 12.7. The molecule has 4 N–H and O–H groups in total. The molecular weight excluding hydrogens is 372 g/mol. The van der Waals surface area contributed by atoms with Crippen LogP contribution in [-0.2, 0) is 22.7 Å². The van der Waals surface area contributed by atoms with Crippen molar-refractivity contribution in [3.8, 4) is 0 Å². The number of nitrogens with one attached hydrogen (secondary N) is 3. The molecule has 8 heteroatoms. The number of hydrogen-bond donors (Lipinski definition) is 4. The minimum atomic E-state index is -0.766. The number of amides is 3. The first-order valence-electron chi connectivity index (χ1n) is 10.1. The molecule has 0 aliphatic carbocycles. The van der Waals surface area contributed by atoms with Crippen molar-refractivity contribution in [3.63, 3.8) is 0 Å². The molecule has 3 aliphatic rings. The van der Waals surface area contributed by atoms with Gasteiger partial charge in [0.05, 0.1) is 5.60 Å². The standard InChI is InChI=1S/C21H28N4O4/c1-20(2,29)21(11-23-12-21)10-22-8-13-3-4-15-14(7-13)9-25(19(15)28)16-5-6-17(26)24-18(16)27/h3-4,7,16,22-23,29H,5-6,8-12H2,1-2H3,(H,24,26,27). The third-order valence-electron chi connectivity index (χ3n) is 6.61. The topological polar surface area (TPSA) is 111 Å². The van der Waals surface area contributed by atoms with Crippen molar-refractivity contribution < 1.29 is 19.5 Å². The van der Waals surface area contributed by atoms with Gasteiger partial charge in [-0.3, -0.25) is 19.7 Å². The molecule has 3 heterocycles. The van der Waals surface area contributed by atoms with E-state index >= 15 is 0 Å². The number of imide groups is 1. The minimum Gasteiger partial charge on any atom is -0.390 e. The number of hydrogen-bond acceptors (Lipinski definition) is 6. The summed E-state index contributed by atoms with van der Waals surface area (Å²) in [4.78, 5) is 37.8. The molecule has 0 aromatic heterocycles. The fourth-order valence-electron chi connectivity index (χ4n) is 4.38. The van der Waals surface area contributed by atoms with Crippen LogP contribution >= 0.6 is 0 Å². The van der Waals surface area contributed by atoms with Crippen LogP contribution in [0.2, 0.25) is 0 Å². The predicted molar refractivity (Wildman–Crippen MR) is 106 cm³/mol. The van der Waals surface area contributed by atoms with E-state index in [1.54, 1.807) is 4.90 Å². The summed E-state index contributed by atoms with van der Waals surface area (Å²) in [5.41, 5.74) is 1.64. The third kappa shape index (κ3) is 3.56. The Morgan fingerprint density at radius 1 is 1.28 bits per heavy atom.